The van der Waals surface area contributed by atoms with Crippen LogP contribution in [0.25, 0.3) is 10.4 Å². The molecule has 1 aliphatic heterocycles. The summed E-state index contributed by atoms with van der Waals surface area (Å²) in [5.74, 6) is -0.979. The first-order chi connectivity index (χ1) is 12.9. The molecule has 0 spiro atoms. The molecule has 2 heterocycles. The number of hydrogen-bond acceptors (Lipinski definition) is 4. The van der Waals surface area contributed by atoms with E-state index in [2.05, 4.69) is 16.0 Å². The van der Waals surface area contributed by atoms with E-state index >= 15 is 0 Å². The minimum Gasteiger partial charge on any atom is -0.366 e. The van der Waals surface area contributed by atoms with E-state index in [1.807, 2.05) is 0 Å². The Morgan fingerprint density at radius 2 is 2.00 bits per heavy atom. The number of halogens is 2. The quantitative estimate of drug-likeness (QED) is 0.621. The molecule has 0 saturated heterocycles. The molecule has 1 aromatic carbocycles. The van der Waals surface area contributed by atoms with Crippen LogP contribution in [-0.2, 0) is 0 Å². The Labute approximate surface area is 163 Å². The van der Waals surface area contributed by atoms with Gasteiger partial charge < -0.3 is 16.4 Å². The van der Waals surface area contributed by atoms with Crippen LogP contribution in [0.3, 0.4) is 0 Å². The van der Waals surface area contributed by atoms with E-state index in [0.717, 1.165) is 11.3 Å². The van der Waals surface area contributed by atoms with Crippen LogP contribution in [0.15, 0.2) is 60.6 Å². The number of allylic oxidation sites excluding steroid dienone is 3. The van der Waals surface area contributed by atoms with Gasteiger partial charge in [-0.05, 0) is 35.9 Å². The summed E-state index contributed by atoms with van der Waals surface area (Å²) in [5, 5.41) is 8.31. The largest absolute Gasteiger partial charge is 0.366 e. The molecular formula is C18H14ClFN4O2S. The predicted octanol–water partition coefficient (Wildman–Crippen LogP) is 3.94. The third kappa shape index (κ3) is 4.55. The second kappa shape index (κ2) is 8.07. The van der Waals surface area contributed by atoms with Crippen LogP contribution in [0.5, 0.6) is 0 Å². The second-order valence-corrected chi connectivity index (χ2v) is 6.87. The molecule has 9 heteroatoms. The molecule has 0 unspecified atom stereocenters. The second-order valence-electron chi connectivity index (χ2n) is 5.41. The summed E-state index contributed by atoms with van der Waals surface area (Å²) in [5.41, 5.74) is 6.57. The molecule has 138 valence electrons. The maximum absolute atomic E-state index is 13.4. The summed E-state index contributed by atoms with van der Waals surface area (Å²) in [6.07, 6.45) is 8.57. The Balaban J connectivity index is 1.94. The fourth-order valence-electron chi connectivity index (χ4n) is 2.29. The van der Waals surface area contributed by atoms with Gasteiger partial charge in [0, 0.05) is 17.3 Å². The van der Waals surface area contributed by atoms with Gasteiger partial charge in [-0.25, -0.2) is 9.18 Å². The Morgan fingerprint density at radius 3 is 2.74 bits per heavy atom. The monoisotopic (exact) mass is 404 g/mol. The van der Waals surface area contributed by atoms with Crippen LogP contribution in [0, 0.1) is 5.82 Å². The van der Waals surface area contributed by atoms with Crippen LogP contribution >= 0.6 is 22.9 Å². The lowest BCUT2D eigenvalue weighted by molar-refractivity contribution is 0.0968. The molecule has 27 heavy (non-hydrogen) atoms. The Hall–Kier alpha value is -3.10. The molecular weight excluding hydrogens is 391 g/mol. The molecule has 2 aromatic rings. The normalized spacial score (nSPS) is 12.7. The fourth-order valence-corrected chi connectivity index (χ4v) is 3.52. The van der Waals surface area contributed by atoms with Crippen molar-refractivity contribution in [2.75, 3.05) is 5.32 Å². The SMILES string of the molecule is NC(=O)Nc1sc(-c2ccc(F)c(Cl)c2)cc1C(=O)NC1=CNC=CC=C1. The number of hydrogen-bond donors (Lipinski definition) is 4. The summed E-state index contributed by atoms with van der Waals surface area (Å²) < 4.78 is 13.4. The fraction of sp³-hybridized carbons (Fsp3) is 0. The van der Waals surface area contributed by atoms with Crippen molar-refractivity contribution < 1.29 is 14.0 Å². The molecule has 3 amide bonds. The van der Waals surface area contributed by atoms with Gasteiger partial charge in [0.15, 0.2) is 0 Å². The lowest BCUT2D eigenvalue weighted by Gasteiger charge is -2.06. The van der Waals surface area contributed by atoms with Crippen LogP contribution in [0.2, 0.25) is 5.02 Å². The number of nitrogens with one attached hydrogen (secondary N) is 3. The minimum absolute atomic E-state index is 0.0383. The van der Waals surface area contributed by atoms with Crippen molar-refractivity contribution in [1.29, 1.82) is 0 Å². The number of carbonyl (C=O) groups is 2. The van der Waals surface area contributed by atoms with Crippen molar-refractivity contribution in [2.24, 2.45) is 5.73 Å². The number of amides is 3. The molecule has 3 rings (SSSR count). The third-order valence-corrected chi connectivity index (χ3v) is 4.88. The van der Waals surface area contributed by atoms with Crippen LogP contribution in [0.4, 0.5) is 14.2 Å². The van der Waals surface area contributed by atoms with Crippen molar-refractivity contribution in [3.63, 3.8) is 0 Å². The Kier molecular flexibility index (Phi) is 5.58. The van der Waals surface area contributed by atoms with Crippen molar-refractivity contribution in [3.8, 4) is 10.4 Å². The minimum atomic E-state index is -0.797. The van der Waals surface area contributed by atoms with Gasteiger partial charge in [0.25, 0.3) is 5.91 Å². The summed E-state index contributed by atoms with van der Waals surface area (Å²) in [6, 6.07) is 5.01. The lowest BCUT2D eigenvalue weighted by atomic mass is 10.1. The van der Waals surface area contributed by atoms with Gasteiger partial charge in [-0.15, -0.1) is 11.3 Å². The van der Waals surface area contributed by atoms with Gasteiger partial charge in [-0.2, -0.15) is 0 Å². The van der Waals surface area contributed by atoms with Crippen molar-refractivity contribution in [2.45, 2.75) is 0 Å². The number of primary amides is 1. The Bertz CT molecular complexity index is 997. The van der Waals surface area contributed by atoms with Crippen LogP contribution < -0.4 is 21.7 Å². The molecule has 0 fully saturated rings. The van der Waals surface area contributed by atoms with E-state index in [1.54, 1.807) is 36.7 Å². The average molecular weight is 405 g/mol. The number of urea groups is 1. The molecule has 1 aliphatic rings. The van der Waals surface area contributed by atoms with Gasteiger partial charge in [0.1, 0.15) is 10.8 Å². The van der Waals surface area contributed by atoms with E-state index in [0.29, 0.717) is 16.1 Å². The Morgan fingerprint density at radius 1 is 1.19 bits per heavy atom. The lowest BCUT2D eigenvalue weighted by Crippen LogP contribution is -2.25. The van der Waals surface area contributed by atoms with Gasteiger partial charge in [0.05, 0.1) is 16.3 Å². The van der Waals surface area contributed by atoms with Crippen molar-refractivity contribution in [3.05, 3.63) is 77.0 Å². The maximum atomic E-state index is 13.4. The first kappa shape index (κ1) is 18.7. The summed E-state index contributed by atoms with van der Waals surface area (Å²) >= 11 is 6.96. The molecule has 0 atom stereocenters. The molecule has 1 aromatic heterocycles. The van der Waals surface area contributed by atoms with Gasteiger partial charge >= 0.3 is 6.03 Å². The van der Waals surface area contributed by atoms with Crippen molar-refractivity contribution in [1.82, 2.24) is 10.6 Å². The zero-order valence-electron chi connectivity index (χ0n) is 13.8. The highest BCUT2D eigenvalue weighted by atomic mass is 35.5. The number of thiophene rings is 1. The number of benzene rings is 1. The number of carbonyl (C=O) groups excluding carboxylic acids is 2. The topological polar surface area (TPSA) is 96.2 Å². The first-order valence-corrected chi connectivity index (χ1v) is 8.90. The molecule has 0 bridgehead atoms. The van der Waals surface area contributed by atoms with E-state index in [9.17, 15) is 14.0 Å². The number of anilines is 1. The zero-order chi connectivity index (χ0) is 19.4. The smallest absolute Gasteiger partial charge is 0.317 e. The number of nitrogens with two attached hydrogens (primary N) is 1. The molecule has 6 nitrogen and oxygen atoms in total. The maximum Gasteiger partial charge on any atom is 0.317 e. The highest BCUT2D eigenvalue weighted by molar-refractivity contribution is 7.20. The molecule has 0 aliphatic carbocycles. The third-order valence-electron chi connectivity index (χ3n) is 3.49. The summed E-state index contributed by atoms with van der Waals surface area (Å²) in [4.78, 5) is 24.6. The van der Waals surface area contributed by atoms with Crippen LogP contribution in [0.1, 0.15) is 10.4 Å². The van der Waals surface area contributed by atoms with E-state index in [-0.39, 0.29) is 15.6 Å². The van der Waals surface area contributed by atoms with E-state index < -0.39 is 17.8 Å². The summed E-state index contributed by atoms with van der Waals surface area (Å²) in [7, 11) is 0. The molecule has 0 saturated carbocycles. The van der Waals surface area contributed by atoms with Gasteiger partial charge in [-0.3, -0.25) is 10.1 Å². The highest BCUT2D eigenvalue weighted by Crippen LogP contribution is 2.36. The first-order valence-electron chi connectivity index (χ1n) is 7.70. The van der Waals surface area contributed by atoms with E-state index in [4.69, 9.17) is 17.3 Å². The molecule has 0 radical (unpaired) electrons. The molecule has 5 N–H and O–H groups in total. The highest BCUT2D eigenvalue weighted by Gasteiger charge is 2.19. The summed E-state index contributed by atoms with van der Waals surface area (Å²) in [6.45, 7) is 0. The van der Waals surface area contributed by atoms with E-state index in [1.165, 1.54) is 18.2 Å². The average Bonchev–Trinajstić information content (AvgIpc) is 2.85. The predicted molar refractivity (Wildman–Crippen MR) is 105 cm³/mol. The van der Waals surface area contributed by atoms with Crippen molar-refractivity contribution >= 4 is 39.9 Å². The van der Waals surface area contributed by atoms with Gasteiger partial charge in [0.2, 0.25) is 0 Å². The number of rotatable bonds is 4. The van der Waals surface area contributed by atoms with Crippen LogP contribution in [-0.4, -0.2) is 11.9 Å². The zero-order valence-corrected chi connectivity index (χ0v) is 15.3. The van der Waals surface area contributed by atoms with Gasteiger partial charge in [-0.1, -0.05) is 23.7 Å². The standard InChI is InChI=1S/C18H14ClFN4O2S/c19-13-7-10(4-5-14(13)20)15-8-12(17(27-15)24-18(21)26)16(25)23-11-3-1-2-6-22-9-11/h1-9,22H,(H,23,25)(H3,21,24,26).